The Morgan fingerprint density at radius 2 is 1.36 bits per heavy atom. The minimum absolute atomic E-state index is 0.0725. The third-order valence-electron chi connectivity index (χ3n) is 10.5. The number of rotatable bonds is 19. The molecule has 0 heterocycles. The number of likely N-dealkylation sites (N-methyl/N-ethyl adjacent to an activating group) is 1. The lowest BCUT2D eigenvalue weighted by molar-refractivity contribution is 0.0417. The molecule has 5 nitrogen and oxygen atoms in total. The highest BCUT2D eigenvalue weighted by molar-refractivity contribution is 6.77. The maximum absolute atomic E-state index is 7.41. The van der Waals surface area contributed by atoms with Crippen molar-refractivity contribution in [2.45, 2.75) is 141 Å². The maximum atomic E-state index is 7.41. The second kappa shape index (κ2) is 17.6. The summed E-state index contributed by atoms with van der Waals surface area (Å²) in [6.45, 7) is 29.4. The monoisotopic (exact) mass is 657 g/mol. The average molecular weight is 658 g/mol. The van der Waals surface area contributed by atoms with Crippen molar-refractivity contribution >= 4 is 16.6 Å². The minimum atomic E-state index is -2.07. The van der Waals surface area contributed by atoms with Crippen molar-refractivity contribution in [3.63, 3.8) is 0 Å². The molecule has 0 saturated carbocycles. The molecule has 2 aromatic carbocycles. The van der Waals surface area contributed by atoms with Crippen molar-refractivity contribution in [2.24, 2.45) is 0 Å². The summed E-state index contributed by atoms with van der Waals surface area (Å²) in [6, 6.07) is 19.8. The molecule has 0 aliphatic rings. The number of methoxy groups -OCH3 is 1. The highest BCUT2D eigenvalue weighted by Gasteiger charge is 2.45. The standard InChI is InChI=1S/C38H67NO4Si2/c1-29(2)45(30(3)4,31(5)6)42-26-18-21-37(43-44(13,14)38(8,9)10)36(39(11)32(7)34-19-16-15-17-20-34)27-33-22-24-35(25-23-33)41-28-40-12/h15-17,19-20,22-25,29-32,36-37H,18,21,26-28H2,1-14H3/t32-,36-,37+/m0/s1. The molecule has 256 valence electrons. The van der Waals surface area contributed by atoms with Crippen LogP contribution in [0.15, 0.2) is 54.6 Å². The highest BCUT2D eigenvalue weighted by Crippen LogP contribution is 2.43. The van der Waals surface area contributed by atoms with Crippen molar-refractivity contribution in [3.8, 4) is 5.75 Å². The summed E-state index contributed by atoms with van der Waals surface area (Å²) in [4.78, 5) is 2.55. The van der Waals surface area contributed by atoms with E-state index in [0.29, 0.717) is 16.6 Å². The van der Waals surface area contributed by atoms with Gasteiger partial charge in [0.05, 0.1) is 6.10 Å². The molecule has 0 radical (unpaired) electrons. The van der Waals surface area contributed by atoms with Crippen molar-refractivity contribution in [1.29, 1.82) is 0 Å². The van der Waals surface area contributed by atoms with Crippen LogP contribution in [0.2, 0.25) is 34.8 Å². The van der Waals surface area contributed by atoms with Crippen LogP contribution in [0.3, 0.4) is 0 Å². The normalized spacial score (nSPS) is 15.2. The van der Waals surface area contributed by atoms with Gasteiger partial charge in [-0.25, -0.2) is 0 Å². The van der Waals surface area contributed by atoms with Gasteiger partial charge in [-0.15, -0.1) is 0 Å². The van der Waals surface area contributed by atoms with E-state index in [0.717, 1.165) is 31.6 Å². The van der Waals surface area contributed by atoms with Crippen LogP contribution >= 0.6 is 0 Å². The number of ether oxygens (including phenoxy) is 2. The Labute approximate surface area is 279 Å². The molecule has 0 aliphatic carbocycles. The van der Waals surface area contributed by atoms with Gasteiger partial charge in [-0.2, -0.15) is 0 Å². The summed E-state index contributed by atoms with van der Waals surface area (Å²) in [5, 5.41) is 0.116. The summed E-state index contributed by atoms with van der Waals surface area (Å²) in [5.74, 6) is 0.822. The largest absolute Gasteiger partial charge is 0.468 e. The van der Waals surface area contributed by atoms with Gasteiger partial charge in [0.15, 0.2) is 23.4 Å². The molecule has 3 atom stereocenters. The van der Waals surface area contributed by atoms with E-state index in [2.05, 4.69) is 149 Å². The molecule has 45 heavy (non-hydrogen) atoms. The second-order valence-corrected chi connectivity index (χ2v) is 25.7. The van der Waals surface area contributed by atoms with Crippen LogP contribution in [0.4, 0.5) is 0 Å². The molecule has 0 fully saturated rings. The lowest BCUT2D eigenvalue weighted by Crippen LogP contribution is -2.52. The lowest BCUT2D eigenvalue weighted by Gasteiger charge is -2.45. The van der Waals surface area contributed by atoms with E-state index in [-0.39, 0.29) is 30.0 Å². The van der Waals surface area contributed by atoms with Gasteiger partial charge in [0, 0.05) is 25.8 Å². The van der Waals surface area contributed by atoms with Gasteiger partial charge >= 0.3 is 0 Å². The Morgan fingerprint density at radius 1 is 0.800 bits per heavy atom. The lowest BCUT2D eigenvalue weighted by atomic mass is 9.94. The van der Waals surface area contributed by atoms with Crippen molar-refractivity contribution in [1.82, 2.24) is 4.90 Å². The Balaban J connectivity index is 2.47. The van der Waals surface area contributed by atoms with Crippen LogP contribution in [0.5, 0.6) is 5.75 Å². The highest BCUT2D eigenvalue weighted by atomic mass is 28.4. The molecule has 7 heteroatoms. The minimum Gasteiger partial charge on any atom is -0.468 e. The third kappa shape index (κ3) is 10.8. The summed E-state index contributed by atoms with van der Waals surface area (Å²) in [6.07, 6.45) is 2.93. The number of nitrogens with zero attached hydrogens (tertiary/aromatic N) is 1. The Kier molecular flexibility index (Phi) is 15.5. The average Bonchev–Trinajstić information content (AvgIpc) is 2.97. The zero-order chi connectivity index (χ0) is 34.0. The molecule has 0 bridgehead atoms. The predicted molar refractivity (Wildman–Crippen MR) is 197 cm³/mol. The first kappa shape index (κ1) is 39.7. The first-order chi connectivity index (χ1) is 21.0. The van der Waals surface area contributed by atoms with Gasteiger partial charge in [-0.1, -0.05) is 105 Å². The van der Waals surface area contributed by atoms with E-state index >= 15 is 0 Å². The Bertz CT molecular complexity index is 1080. The summed E-state index contributed by atoms with van der Waals surface area (Å²) >= 11 is 0. The van der Waals surface area contributed by atoms with Crippen LogP contribution in [0.1, 0.15) is 99.2 Å². The van der Waals surface area contributed by atoms with Crippen LogP contribution in [0, 0.1) is 0 Å². The van der Waals surface area contributed by atoms with Gasteiger partial charge < -0.3 is 18.3 Å². The fourth-order valence-corrected chi connectivity index (χ4v) is 13.7. The molecule has 0 aliphatic heterocycles. The Morgan fingerprint density at radius 3 is 1.84 bits per heavy atom. The maximum Gasteiger partial charge on any atom is 0.200 e. The van der Waals surface area contributed by atoms with Crippen LogP contribution in [-0.4, -0.2) is 61.2 Å². The SMILES string of the molecule is COCOc1ccc(C[C@@H]([C@@H](CCCO[Si](C(C)C)(C(C)C)C(C)C)O[Si](C)(C)C(C)(C)C)N(C)[C@@H](C)c2ccccc2)cc1. The number of hydrogen-bond acceptors (Lipinski definition) is 5. The summed E-state index contributed by atoms with van der Waals surface area (Å²) in [5.41, 5.74) is 4.35. The molecule has 0 amide bonds. The number of hydrogen-bond donors (Lipinski definition) is 0. The van der Waals surface area contributed by atoms with Crippen molar-refractivity contribution in [2.75, 3.05) is 27.6 Å². The molecule has 0 N–H and O–H groups in total. The van der Waals surface area contributed by atoms with E-state index in [1.807, 2.05) is 0 Å². The molecule has 2 aromatic rings. The smallest absolute Gasteiger partial charge is 0.200 e. The molecular formula is C38H67NO4Si2. The van der Waals surface area contributed by atoms with Crippen LogP contribution < -0.4 is 4.74 Å². The van der Waals surface area contributed by atoms with E-state index in [9.17, 15) is 0 Å². The third-order valence-corrected chi connectivity index (χ3v) is 21.1. The topological polar surface area (TPSA) is 40.2 Å². The number of benzene rings is 2. The van der Waals surface area contributed by atoms with Gasteiger partial charge in [-0.3, -0.25) is 4.90 Å². The zero-order valence-corrected chi connectivity index (χ0v) is 33.3. The van der Waals surface area contributed by atoms with Crippen molar-refractivity contribution < 1.29 is 18.3 Å². The zero-order valence-electron chi connectivity index (χ0n) is 31.3. The van der Waals surface area contributed by atoms with Crippen LogP contribution in [-0.2, 0) is 20.0 Å². The first-order valence-corrected chi connectivity index (χ1v) is 22.3. The predicted octanol–water partition coefficient (Wildman–Crippen LogP) is 10.6. The molecular weight excluding hydrogens is 591 g/mol. The summed E-state index contributed by atoms with van der Waals surface area (Å²) in [7, 11) is -0.0731. The molecule has 0 aromatic heterocycles. The van der Waals surface area contributed by atoms with E-state index in [1.54, 1.807) is 7.11 Å². The quantitative estimate of drug-likeness (QED) is 0.0854. The van der Waals surface area contributed by atoms with Crippen molar-refractivity contribution in [3.05, 3.63) is 65.7 Å². The molecule has 0 saturated heterocycles. The van der Waals surface area contributed by atoms with Crippen LogP contribution in [0.25, 0.3) is 0 Å². The second-order valence-electron chi connectivity index (χ2n) is 15.4. The Hall–Kier alpha value is -1.49. The van der Waals surface area contributed by atoms with Gasteiger partial charge in [0.1, 0.15) is 5.75 Å². The molecule has 2 rings (SSSR count). The summed E-state index contributed by atoms with van der Waals surface area (Å²) < 4.78 is 25.2. The van der Waals surface area contributed by atoms with Gasteiger partial charge in [0.2, 0.25) is 0 Å². The fourth-order valence-electron chi connectivity index (χ4n) is 6.80. The van der Waals surface area contributed by atoms with E-state index in [1.165, 1.54) is 11.1 Å². The van der Waals surface area contributed by atoms with E-state index < -0.39 is 16.6 Å². The fraction of sp³-hybridized carbons (Fsp3) is 0.684. The first-order valence-electron chi connectivity index (χ1n) is 17.3. The van der Waals surface area contributed by atoms with E-state index in [4.69, 9.17) is 18.3 Å². The molecule has 0 unspecified atom stereocenters. The molecule has 0 spiro atoms. The van der Waals surface area contributed by atoms with Gasteiger partial charge in [-0.05, 0) is 91.2 Å². The van der Waals surface area contributed by atoms with Gasteiger partial charge in [0.25, 0.3) is 0 Å².